The first-order valence-electron chi connectivity index (χ1n) is 11.7. The third-order valence-corrected chi connectivity index (χ3v) is 8.62. The van der Waals surface area contributed by atoms with Crippen LogP contribution >= 0.6 is 0 Å². The first-order valence-corrected chi connectivity index (χ1v) is 13.2. The summed E-state index contributed by atoms with van der Waals surface area (Å²) >= 11 is 0. The highest BCUT2D eigenvalue weighted by molar-refractivity contribution is 7.89. The number of fused-ring (bicyclic) bond motifs is 2. The molecule has 1 spiro atoms. The van der Waals surface area contributed by atoms with Gasteiger partial charge >= 0.3 is 0 Å². The topological polar surface area (TPSA) is 119 Å². The van der Waals surface area contributed by atoms with Crippen LogP contribution in [0.3, 0.4) is 0 Å². The Morgan fingerprint density at radius 3 is 2.32 bits per heavy atom. The molecule has 1 saturated heterocycles. The van der Waals surface area contributed by atoms with E-state index in [2.05, 4.69) is 0 Å². The summed E-state index contributed by atoms with van der Waals surface area (Å²) < 4.78 is 26.5. The van der Waals surface area contributed by atoms with Gasteiger partial charge in [-0.05, 0) is 45.3 Å². The highest BCUT2D eigenvalue weighted by Crippen LogP contribution is 2.53. The van der Waals surface area contributed by atoms with E-state index in [1.54, 1.807) is 31.3 Å². The highest BCUT2D eigenvalue weighted by Gasteiger charge is 2.66. The van der Waals surface area contributed by atoms with Crippen molar-refractivity contribution in [1.82, 2.24) is 14.1 Å². The van der Waals surface area contributed by atoms with Crippen LogP contribution in [-0.4, -0.2) is 93.6 Å². The number of likely N-dealkylation sites (tertiary alicyclic amines) is 1. The van der Waals surface area contributed by atoms with E-state index >= 15 is 0 Å². The van der Waals surface area contributed by atoms with Crippen molar-refractivity contribution in [1.29, 1.82) is 0 Å². The van der Waals surface area contributed by atoms with Crippen molar-refractivity contribution >= 4 is 39.1 Å². The molecule has 2 aromatic carbocycles. The Labute approximate surface area is 216 Å². The van der Waals surface area contributed by atoms with Gasteiger partial charge in [0.1, 0.15) is 5.76 Å². The number of amides is 2. The summed E-state index contributed by atoms with van der Waals surface area (Å²) in [5.74, 6) is -3.04. The third kappa shape index (κ3) is 3.94. The van der Waals surface area contributed by atoms with E-state index in [1.807, 2.05) is 19.0 Å². The van der Waals surface area contributed by atoms with Crippen LogP contribution in [0, 0.1) is 0 Å². The molecule has 0 bridgehead atoms. The van der Waals surface area contributed by atoms with Crippen LogP contribution < -0.4 is 4.90 Å². The Hall–Kier alpha value is -3.54. The number of sulfonamides is 1. The Morgan fingerprint density at radius 1 is 1.00 bits per heavy atom. The molecule has 1 atom stereocenters. The fraction of sp³-hybridized carbons (Fsp3) is 0.346. The maximum Gasteiger partial charge on any atom is 0.296 e. The molecule has 2 aliphatic heterocycles. The van der Waals surface area contributed by atoms with Crippen LogP contribution in [0.1, 0.15) is 17.5 Å². The molecule has 2 aliphatic rings. The Morgan fingerprint density at radius 2 is 1.68 bits per heavy atom. The van der Waals surface area contributed by atoms with Gasteiger partial charge in [0.05, 0.1) is 10.5 Å². The molecular weight excluding hydrogens is 496 g/mol. The van der Waals surface area contributed by atoms with E-state index in [4.69, 9.17) is 0 Å². The van der Waals surface area contributed by atoms with E-state index in [0.29, 0.717) is 24.2 Å². The Bertz CT molecular complexity index is 1430. The zero-order valence-corrected chi connectivity index (χ0v) is 22.2. The molecule has 1 unspecified atom stereocenters. The van der Waals surface area contributed by atoms with E-state index in [9.17, 15) is 27.9 Å². The number of carbonyl (C=O) groups excluding carboxylic acids is 3. The molecule has 0 radical (unpaired) electrons. The van der Waals surface area contributed by atoms with Crippen LogP contribution in [0.2, 0.25) is 0 Å². The zero-order chi connectivity index (χ0) is 27.3. The maximum atomic E-state index is 14.0. The number of Topliss-reactive ketones (excluding diaryl/α,β-unsaturated/α-hetero) is 1. The molecule has 0 saturated carbocycles. The minimum atomic E-state index is -3.85. The lowest BCUT2D eigenvalue weighted by Crippen LogP contribution is -2.51. The van der Waals surface area contributed by atoms with E-state index in [0.717, 1.165) is 4.31 Å². The lowest BCUT2D eigenvalue weighted by atomic mass is 9.82. The predicted molar refractivity (Wildman–Crippen MR) is 138 cm³/mol. The van der Waals surface area contributed by atoms with E-state index < -0.39 is 38.9 Å². The van der Waals surface area contributed by atoms with Crippen molar-refractivity contribution in [2.75, 3.05) is 53.2 Å². The SMILES string of the molecule is CN(C)CCCN1C(=O)C(=O)C(=C(O)c2cccc(S(=O)(=O)N(C)C)c2)C12C(=O)N(C)c1ccccc12. The Balaban J connectivity index is 1.99. The smallest absolute Gasteiger partial charge is 0.296 e. The summed E-state index contributed by atoms with van der Waals surface area (Å²) in [4.78, 5) is 45.3. The summed E-state index contributed by atoms with van der Waals surface area (Å²) in [6.07, 6.45) is 0.484. The second-order valence-electron chi connectivity index (χ2n) is 9.57. The van der Waals surface area contributed by atoms with Gasteiger partial charge in [-0.1, -0.05) is 30.3 Å². The minimum absolute atomic E-state index is 0.00780. The molecule has 1 fully saturated rings. The van der Waals surface area contributed by atoms with Crippen LogP contribution in [0.25, 0.3) is 5.76 Å². The number of ketones is 1. The van der Waals surface area contributed by atoms with Gasteiger partial charge in [-0.2, -0.15) is 0 Å². The highest BCUT2D eigenvalue weighted by atomic mass is 32.2. The summed E-state index contributed by atoms with van der Waals surface area (Å²) in [6.45, 7) is 0.706. The molecular formula is C26H30N4O6S. The van der Waals surface area contributed by atoms with E-state index in [-0.39, 0.29) is 22.6 Å². The molecule has 37 heavy (non-hydrogen) atoms. The van der Waals surface area contributed by atoms with Gasteiger partial charge in [0.25, 0.3) is 17.6 Å². The molecule has 196 valence electrons. The molecule has 4 rings (SSSR count). The summed E-state index contributed by atoms with van der Waals surface area (Å²) in [6, 6.07) is 12.3. The average molecular weight is 527 g/mol. The predicted octanol–water partition coefficient (Wildman–Crippen LogP) is 1.44. The fourth-order valence-electron chi connectivity index (χ4n) is 4.98. The van der Waals surface area contributed by atoms with Gasteiger partial charge in [-0.3, -0.25) is 14.4 Å². The number of hydrogen-bond acceptors (Lipinski definition) is 7. The van der Waals surface area contributed by atoms with Gasteiger partial charge in [0, 0.05) is 44.5 Å². The standard InChI is InChI=1S/C26H30N4O6S/c1-27(2)14-9-15-30-24(33)23(32)21(26(30)19-12-6-7-13-20(19)29(5)25(26)34)22(31)17-10-8-11-18(16-17)37(35,36)28(3)4/h6-8,10-13,16,31H,9,14-15H2,1-5H3. The lowest BCUT2D eigenvalue weighted by molar-refractivity contribution is -0.143. The monoisotopic (exact) mass is 526 g/mol. The molecule has 1 N–H and O–H groups in total. The molecule has 2 amide bonds. The quantitative estimate of drug-likeness (QED) is 0.330. The fourth-order valence-corrected chi connectivity index (χ4v) is 5.92. The van der Waals surface area contributed by atoms with Crippen molar-refractivity contribution in [3.05, 3.63) is 65.2 Å². The number of hydrogen-bond donors (Lipinski definition) is 1. The molecule has 10 nitrogen and oxygen atoms in total. The van der Waals surface area contributed by atoms with Crippen LogP contribution in [0.15, 0.2) is 59.0 Å². The molecule has 0 aliphatic carbocycles. The van der Waals surface area contributed by atoms with Crippen LogP contribution in [-0.2, 0) is 29.9 Å². The first kappa shape index (κ1) is 26.5. The minimum Gasteiger partial charge on any atom is -0.507 e. The average Bonchev–Trinajstić information content (AvgIpc) is 3.22. The largest absolute Gasteiger partial charge is 0.507 e. The number of likely N-dealkylation sites (N-methyl/N-ethyl adjacent to an activating group) is 1. The number of aliphatic hydroxyl groups excluding tert-OH is 1. The number of benzene rings is 2. The molecule has 2 heterocycles. The van der Waals surface area contributed by atoms with Gasteiger partial charge in [-0.15, -0.1) is 0 Å². The zero-order valence-electron chi connectivity index (χ0n) is 21.4. The van der Waals surface area contributed by atoms with Crippen molar-refractivity contribution < 1.29 is 27.9 Å². The molecule has 0 aromatic heterocycles. The van der Waals surface area contributed by atoms with Crippen LogP contribution in [0.5, 0.6) is 0 Å². The first-order chi connectivity index (χ1) is 17.4. The van der Waals surface area contributed by atoms with E-state index in [1.165, 1.54) is 48.2 Å². The Kier molecular flexibility index (Phi) is 6.74. The second-order valence-corrected chi connectivity index (χ2v) is 11.7. The van der Waals surface area contributed by atoms with Gasteiger partial charge in [0.15, 0.2) is 5.54 Å². The maximum absolute atomic E-state index is 14.0. The number of para-hydroxylation sites is 1. The number of nitrogens with zero attached hydrogens (tertiary/aromatic N) is 4. The summed E-state index contributed by atoms with van der Waals surface area (Å²) in [7, 11) is 4.22. The number of rotatable bonds is 7. The van der Waals surface area contributed by atoms with Crippen molar-refractivity contribution in [2.45, 2.75) is 16.9 Å². The number of aliphatic hydroxyl groups is 1. The van der Waals surface area contributed by atoms with Gasteiger partial charge < -0.3 is 19.8 Å². The number of anilines is 1. The van der Waals surface area contributed by atoms with Gasteiger partial charge in [-0.25, -0.2) is 12.7 Å². The van der Waals surface area contributed by atoms with Crippen molar-refractivity contribution in [3.63, 3.8) is 0 Å². The molecule has 2 aromatic rings. The van der Waals surface area contributed by atoms with Crippen LogP contribution in [0.4, 0.5) is 5.69 Å². The molecule has 11 heteroatoms. The summed E-state index contributed by atoms with van der Waals surface area (Å²) in [5, 5.41) is 11.5. The second kappa shape index (κ2) is 9.40. The van der Waals surface area contributed by atoms with Crippen molar-refractivity contribution in [2.24, 2.45) is 0 Å². The third-order valence-electron chi connectivity index (χ3n) is 6.81. The number of carbonyl (C=O) groups is 3. The van der Waals surface area contributed by atoms with Gasteiger partial charge in [0.2, 0.25) is 10.0 Å². The van der Waals surface area contributed by atoms with Crippen molar-refractivity contribution in [3.8, 4) is 0 Å². The summed E-state index contributed by atoms with van der Waals surface area (Å²) in [5.41, 5.74) is -1.31. The lowest BCUT2D eigenvalue weighted by Gasteiger charge is -2.34. The normalized spacial score (nSPS) is 21.1.